The number of aliphatic hydroxyl groups is 1. The van der Waals surface area contributed by atoms with E-state index in [1.165, 1.54) is 0 Å². The molecule has 1 N–H and O–H groups in total. The van der Waals surface area contributed by atoms with Crippen LogP contribution in [0.25, 0.3) is 0 Å². The minimum absolute atomic E-state index is 0.0437. The van der Waals surface area contributed by atoms with Crippen molar-refractivity contribution in [3.8, 4) is 0 Å². The normalized spacial score (nSPS) is 15.3. The summed E-state index contributed by atoms with van der Waals surface area (Å²) < 4.78 is 5.62. The lowest BCUT2D eigenvalue weighted by atomic mass is 9.89. The van der Waals surface area contributed by atoms with Crippen LogP contribution in [0.15, 0.2) is 48.5 Å². The Morgan fingerprint density at radius 2 is 1.41 bits per heavy atom. The van der Waals surface area contributed by atoms with Crippen LogP contribution in [0.4, 0.5) is 0 Å². The second-order valence-electron chi connectivity index (χ2n) is 5.05. The summed E-state index contributed by atoms with van der Waals surface area (Å²) in [5.41, 5.74) is 1.95. The molecule has 0 aliphatic carbocycles. The molecule has 0 fully saturated rings. The van der Waals surface area contributed by atoms with Crippen LogP contribution in [0.3, 0.4) is 0 Å². The van der Waals surface area contributed by atoms with Gasteiger partial charge in [-0.2, -0.15) is 12.6 Å². The SMILES string of the molecule is CO[C@@H](c1ccc(Cl)cc1)[C@@H](CO)[C@H](S)c1ccc(Cl)cc1. The fourth-order valence-electron chi connectivity index (χ4n) is 2.48. The van der Waals surface area contributed by atoms with E-state index in [2.05, 4.69) is 12.6 Å². The summed E-state index contributed by atoms with van der Waals surface area (Å²) in [6, 6.07) is 14.9. The molecule has 22 heavy (non-hydrogen) atoms. The molecule has 0 saturated heterocycles. The van der Waals surface area contributed by atoms with Crippen LogP contribution in [0, 0.1) is 5.92 Å². The number of halogens is 2. The van der Waals surface area contributed by atoms with Crippen LogP contribution in [-0.2, 0) is 4.74 Å². The van der Waals surface area contributed by atoms with E-state index >= 15 is 0 Å². The molecule has 2 rings (SSSR count). The van der Waals surface area contributed by atoms with Crippen molar-refractivity contribution >= 4 is 35.8 Å². The average Bonchev–Trinajstić information content (AvgIpc) is 2.53. The number of methoxy groups -OCH3 is 1. The molecule has 118 valence electrons. The number of rotatable bonds is 6. The molecule has 5 heteroatoms. The van der Waals surface area contributed by atoms with Gasteiger partial charge in [-0.15, -0.1) is 0 Å². The Bertz CT molecular complexity index is 587. The summed E-state index contributed by atoms with van der Waals surface area (Å²) >= 11 is 16.5. The van der Waals surface area contributed by atoms with Gasteiger partial charge in [-0.3, -0.25) is 0 Å². The van der Waals surface area contributed by atoms with Gasteiger partial charge >= 0.3 is 0 Å². The monoisotopic (exact) mass is 356 g/mol. The number of hydrogen-bond acceptors (Lipinski definition) is 3. The third-order valence-corrected chi connectivity index (χ3v) is 4.85. The highest BCUT2D eigenvalue weighted by Gasteiger charge is 2.29. The average molecular weight is 357 g/mol. The fourth-order valence-corrected chi connectivity index (χ4v) is 3.15. The van der Waals surface area contributed by atoms with Gasteiger partial charge in [-0.1, -0.05) is 47.5 Å². The van der Waals surface area contributed by atoms with Crippen molar-refractivity contribution in [2.24, 2.45) is 5.92 Å². The van der Waals surface area contributed by atoms with Gasteiger partial charge in [0.1, 0.15) is 0 Å². The molecule has 0 radical (unpaired) electrons. The van der Waals surface area contributed by atoms with Crippen LogP contribution >= 0.6 is 35.8 Å². The predicted octanol–water partition coefficient (Wildman–Crippen LogP) is 4.96. The Kier molecular flexibility index (Phi) is 6.60. The number of thiol groups is 1. The van der Waals surface area contributed by atoms with Gasteiger partial charge in [-0.05, 0) is 35.4 Å². The van der Waals surface area contributed by atoms with E-state index in [1.54, 1.807) is 7.11 Å². The van der Waals surface area contributed by atoms with Gasteiger partial charge in [0.05, 0.1) is 12.7 Å². The predicted molar refractivity (Wildman–Crippen MR) is 95.0 cm³/mol. The summed E-state index contributed by atoms with van der Waals surface area (Å²) in [6.45, 7) is -0.0437. The third-order valence-electron chi connectivity index (χ3n) is 3.67. The van der Waals surface area contributed by atoms with Crippen LogP contribution in [0.2, 0.25) is 10.0 Å². The Balaban J connectivity index is 2.27. The van der Waals surface area contributed by atoms with Crippen molar-refractivity contribution in [1.29, 1.82) is 0 Å². The zero-order valence-electron chi connectivity index (χ0n) is 12.1. The highest BCUT2D eigenvalue weighted by molar-refractivity contribution is 7.80. The number of hydrogen-bond donors (Lipinski definition) is 2. The molecule has 3 atom stereocenters. The molecule has 0 aromatic heterocycles. The van der Waals surface area contributed by atoms with E-state index in [1.807, 2.05) is 48.5 Å². The molecule has 0 aliphatic rings. The lowest BCUT2D eigenvalue weighted by molar-refractivity contribution is 0.0239. The molecule has 0 aliphatic heterocycles. The third kappa shape index (κ3) is 4.18. The van der Waals surface area contributed by atoms with Gasteiger partial charge < -0.3 is 9.84 Å². The first kappa shape index (κ1) is 17.6. The molecule has 0 unspecified atom stereocenters. The van der Waals surface area contributed by atoms with Crippen molar-refractivity contribution in [3.05, 3.63) is 69.7 Å². The maximum Gasteiger partial charge on any atom is 0.0885 e. The number of aliphatic hydroxyl groups excluding tert-OH is 1. The maximum atomic E-state index is 9.85. The second kappa shape index (κ2) is 8.23. The quantitative estimate of drug-likeness (QED) is 0.716. The molecule has 2 nitrogen and oxygen atoms in total. The van der Waals surface area contributed by atoms with Gasteiger partial charge in [-0.25, -0.2) is 0 Å². The van der Waals surface area contributed by atoms with E-state index in [0.29, 0.717) is 10.0 Å². The Morgan fingerprint density at radius 1 is 0.955 bits per heavy atom. The molecular weight excluding hydrogens is 339 g/mol. The molecular formula is C17H18Cl2O2S. The smallest absolute Gasteiger partial charge is 0.0885 e. The highest BCUT2D eigenvalue weighted by Crippen LogP contribution is 2.39. The second-order valence-corrected chi connectivity index (χ2v) is 6.48. The molecule has 2 aromatic rings. The van der Waals surface area contributed by atoms with Crippen molar-refractivity contribution in [3.63, 3.8) is 0 Å². The number of ether oxygens (including phenoxy) is 1. The largest absolute Gasteiger partial charge is 0.396 e. The standard InChI is InChI=1S/C17H18Cl2O2S/c1-21-16(11-2-6-13(18)7-3-11)15(10-20)17(22)12-4-8-14(19)9-5-12/h2-9,15-17,20,22H,10H2,1H3/t15-,16+,17-/m1/s1. The fraction of sp³-hybridized carbons (Fsp3) is 0.294. The Hall–Kier alpha value is -0.710. The van der Waals surface area contributed by atoms with Crippen molar-refractivity contribution in [1.82, 2.24) is 0 Å². The molecule has 0 saturated carbocycles. The van der Waals surface area contributed by atoms with E-state index < -0.39 is 0 Å². The maximum absolute atomic E-state index is 9.85. The van der Waals surface area contributed by atoms with Crippen molar-refractivity contribution in [2.45, 2.75) is 11.4 Å². The summed E-state index contributed by atoms with van der Waals surface area (Å²) in [5, 5.41) is 11.0. The molecule has 0 heterocycles. The highest BCUT2D eigenvalue weighted by atomic mass is 35.5. The molecule has 0 amide bonds. The Morgan fingerprint density at radius 3 is 1.82 bits per heavy atom. The lowest BCUT2D eigenvalue weighted by Crippen LogP contribution is -2.23. The van der Waals surface area contributed by atoms with Gasteiger partial charge in [0.25, 0.3) is 0 Å². The molecule has 0 spiro atoms. The van der Waals surface area contributed by atoms with Crippen LogP contribution in [-0.4, -0.2) is 18.8 Å². The van der Waals surface area contributed by atoms with Crippen molar-refractivity contribution in [2.75, 3.05) is 13.7 Å². The molecule has 2 aromatic carbocycles. The van der Waals surface area contributed by atoms with Gasteiger partial charge in [0, 0.05) is 28.3 Å². The van der Waals surface area contributed by atoms with Crippen molar-refractivity contribution < 1.29 is 9.84 Å². The summed E-state index contributed by atoms with van der Waals surface area (Å²) in [6.07, 6.45) is -0.277. The van der Waals surface area contributed by atoms with E-state index in [0.717, 1.165) is 11.1 Å². The van der Waals surface area contributed by atoms with E-state index in [4.69, 9.17) is 27.9 Å². The summed E-state index contributed by atoms with van der Waals surface area (Å²) in [4.78, 5) is 0. The van der Waals surface area contributed by atoms with E-state index in [9.17, 15) is 5.11 Å². The minimum Gasteiger partial charge on any atom is -0.396 e. The first-order chi connectivity index (χ1) is 10.6. The topological polar surface area (TPSA) is 29.5 Å². The van der Waals surface area contributed by atoms with Crippen LogP contribution < -0.4 is 0 Å². The molecule has 0 bridgehead atoms. The summed E-state index contributed by atoms with van der Waals surface area (Å²) in [7, 11) is 1.63. The van der Waals surface area contributed by atoms with Crippen LogP contribution in [0.5, 0.6) is 0 Å². The van der Waals surface area contributed by atoms with Gasteiger partial charge in [0.2, 0.25) is 0 Å². The first-order valence-electron chi connectivity index (χ1n) is 6.89. The Labute approximate surface area is 146 Å². The van der Waals surface area contributed by atoms with Crippen LogP contribution in [0.1, 0.15) is 22.5 Å². The first-order valence-corrected chi connectivity index (χ1v) is 8.16. The lowest BCUT2D eigenvalue weighted by Gasteiger charge is -2.29. The summed E-state index contributed by atoms with van der Waals surface area (Å²) in [5.74, 6) is -0.198. The van der Waals surface area contributed by atoms with E-state index in [-0.39, 0.29) is 23.9 Å². The van der Waals surface area contributed by atoms with Gasteiger partial charge in [0.15, 0.2) is 0 Å². The zero-order valence-corrected chi connectivity index (χ0v) is 14.5. The number of benzene rings is 2. The minimum atomic E-state index is -0.277. The zero-order chi connectivity index (χ0) is 16.1.